The summed E-state index contributed by atoms with van der Waals surface area (Å²) in [7, 11) is 0. The van der Waals surface area contributed by atoms with Crippen LogP contribution in [0.2, 0.25) is 5.02 Å². The van der Waals surface area contributed by atoms with Crippen LogP contribution in [0.15, 0.2) is 53.7 Å². The van der Waals surface area contributed by atoms with E-state index in [-0.39, 0.29) is 30.1 Å². The number of hydrogen-bond acceptors (Lipinski definition) is 3. The molecule has 1 heterocycles. The summed E-state index contributed by atoms with van der Waals surface area (Å²) in [5.41, 5.74) is 6.87. The lowest BCUT2D eigenvalue weighted by atomic mass is 10.3. The van der Waals surface area contributed by atoms with Gasteiger partial charge in [-0.3, -0.25) is 4.98 Å². The van der Waals surface area contributed by atoms with Crippen molar-refractivity contribution in [3.8, 4) is 5.75 Å². The van der Waals surface area contributed by atoms with Crippen molar-refractivity contribution < 1.29 is 4.74 Å². The Bertz CT molecular complexity index is 622. The summed E-state index contributed by atoms with van der Waals surface area (Å²) >= 11 is 5.84. The molecule has 0 saturated heterocycles. The second-order valence-electron chi connectivity index (χ2n) is 5.11. The lowest BCUT2D eigenvalue weighted by Gasteiger charge is -2.13. The van der Waals surface area contributed by atoms with Crippen LogP contribution in [0.4, 0.5) is 0 Å². The van der Waals surface area contributed by atoms with Gasteiger partial charge in [0.05, 0.1) is 6.54 Å². The molecule has 1 aromatic carbocycles. The number of benzene rings is 1. The molecule has 0 bridgehead atoms. The summed E-state index contributed by atoms with van der Waals surface area (Å²) in [4.78, 5) is 8.53. The Morgan fingerprint density at radius 3 is 2.71 bits per heavy atom. The van der Waals surface area contributed by atoms with Crippen LogP contribution in [0, 0.1) is 0 Å². The molecule has 0 spiro atoms. The Labute approximate surface area is 164 Å². The van der Waals surface area contributed by atoms with Crippen LogP contribution in [0.3, 0.4) is 0 Å². The molecule has 2 rings (SSSR count). The molecular formula is C17H22ClIN4O. The summed E-state index contributed by atoms with van der Waals surface area (Å²) in [6.07, 6.45) is 2.50. The number of hydrogen-bond donors (Lipinski definition) is 2. The van der Waals surface area contributed by atoms with Gasteiger partial charge in [-0.1, -0.05) is 17.7 Å². The van der Waals surface area contributed by atoms with Gasteiger partial charge in [0, 0.05) is 29.9 Å². The van der Waals surface area contributed by atoms with Crippen molar-refractivity contribution in [2.45, 2.75) is 19.4 Å². The molecular weight excluding hydrogens is 439 g/mol. The van der Waals surface area contributed by atoms with Crippen LogP contribution >= 0.6 is 35.6 Å². The summed E-state index contributed by atoms with van der Waals surface area (Å²) in [5, 5.41) is 3.76. The van der Waals surface area contributed by atoms with E-state index >= 15 is 0 Å². The van der Waals surface area contributed by atoms with Crippen molar-refractivity contribution in [3.63, 3.8) is 0 Å². The Morgan fingerprint density at radius 1 is 1.29 bits per heavy atom. The molecule has 130 valence electrons. The first kappa shape index (κ1) is 20.5. The van der Waals surface area contributed by atoms with E-state index in [1.165, 1.54) is 0 Å². The van der Waals surface area contributed by atoms with Gasteiger partial charge in [0.1, 0.15) is 11.9 Å². The van der Waals surface area contributed by atoms with Crippen molar-refractivity contribution in [2.75, 3.05) is 13.1 Å². The number of pyridine rings is 1. The monoisotopic (exact) mass is 460 g/mol. The van der Waals surface area contributed by atoms with E-state index in [1.54, 1.807) is 18.3 Å². The van der Waals surface area contributed by atoms with E-state index in [4.69, 9.17) is 22.1 Å². The first-order valence-corrected chi connectivity index (χ1v) is 7.87. The number of aliphatic imine (C=N–C) groups is 1. The average molecular weight is 461 g/mol. The van der Waals surface area contributed by atoms with Gasteiger partial charge in [-0.25, -0.2) is 4.99 Å². The SMILES string of the molecule is CC(CN=C(N)NCCc1ccccn1)Oc1ccc(Cl)cc1.I. The lowest BCUT2D eigenvalue weighted by Crippen LogP contribution is -2.34. The first-order valence-electron chi connectivity index (χ1n) is 7.49. The number of halogens is 2. The number of aromatic nitrogens is 1. The summed E-state index contributed by atoms with van der Waals surface area (Å²) in [5.74, 6) is 1.17. The quantitative estimate of drug-likeness (QED) is 0.378. The van der Waals surface area contributed by atoms with E-state index in [0.29, 0.717) is 24.1 Å². The topological polar surface area (TPSA) is 72.5 Å². The third-order valence-electron chi connectivity index (χ3n) is 3.08. The van der Waals surface area contributed by atoms with Crippen LogP contribution in [0.25, 0.3) is 0 Å². The highest BCUT2D eigenvalue weighted by molar-refractivity contribution is 14.0. The van der Waals surface area contributed by atoms with Gasteiger partial charge >= 0.3 is 0 Å². The van der Waals surface area contributed by atoms with Crippen LogP contribution in [0.1, 0.15) is 12.6 Å². The third-order valence-corrected chi connectivity index (χ3v) is 3.34. The molecule has 5 nitrogen and oxygen atoms in total. The largest absolute Gasteiger partial charge is 0.489 e. The van der Waals surface area contributed by atoms with Gasteiger partial charge in [0.25, 0.3) is 0 Å². The molecule has 7 heteroatoms. The maximum Gasteiger partial charge on any atom is 0.188 e. The maximum atomic E-state index is 5.84. The van der Waals surface area contributed by atoms with Gasteiger partial charge in [0.2, 0.25) is 0 Å². The molecule has 3 N–H and O–H groups in total. The minimum Gasteiger partial charge on any atom is -0.489 e. The number of nitrogens with two attached hydrogens (primary N) is 1. The highest BCUT2D eigenvalue weighted by atomic mass is 127. The Morgan fingerprint density at radius 2 is 2.04 bits per heavy atom. The number of ether oxygens (including phenoxy) is 1. The molecule has 0 amide bonds. The van der Waals surface area contributed by atoms with Gasteiger partial charge in [-0.15, -0.1) is 24.0 Å². The summed E-state index contributed by atoms with van der Waals surface area (Å²) < 4.78 is 5.73. The lowest BCUT2D eigenvalue weighted by molar-refractivity contribution is 0.230. The van der Waals surface area contributed by atoms with Crippen molar-refractivity contribution in [1.82, 2.24) is 10.3 Å². The third kappa shape index (κ3) is 7.83. The van der Waals surface area contributed by atoms with Crippen molar-refractivity contribution in [3.05, 3.63) is 59.4 Å². The zero-order chi connectivity index (χ0) is 16.5. The smallest absolute Gasteiger partial charge is 0.188 e. The molecule has 0 aliphatic carbocycles. The van der Waals surface area contributed by atoms with Crippen molar-refractivity contribution in [2.24, 2.45) is 10.7 Å². The molecule has 0 fully saturated rings. The molecule has 2 aromatic rings. The molecule has 1 atom stereocenters. The second-order valence-corrected chi connectivity index (χ2v) is 5.54. The van der Waals surface area contributed by atoms with Crippen LogP contribution in [-0.4, -0.2) is 30.1 Å². The number of guanidine groups is 1. The highest BCUT2D eigenvalue weighted by Crippen LogP contribution is 2.16. The second kappa shape index (κ2) is 11.1. The number of rotatable bonds is 7. The highest BCUT2D eigenvalue weighted by Gasteiger charge is 2.03. The number of nitrogens with zero attached hydrogens (tertiary/aromatic N) is 2. The fourth-order valence-electron chi connectivity index (χ4n) is 1.93. The molecule has 1 unspecified atom stereocenters. The van der Waals surface area contributed by atoms with Crippen LogP contribution in [-0.2, 0) is 6.42 Å². The Hall–Kier alpha value is -1.54. The van der Waals surface area contributed by atoms with Crippen molar-refractivity contribution in [1.29, 1.82) is 0 Å². The first-order chi connectivity index (χ1) is 11.1. The minimum absolute atomic E-state index is 0. The molecule has 0 saturated carbocycles. The fourth-order valence-corrected chi connectivity index (χ4v) is 2.06. The predicted molar refractivity (Wildman–Crippen MR) is 109 cm³/mol. The average Bonchev–Trinajstić information content (AvgIpc) is 2.56. The fraction of sp³-hybridized carbons (Fsp3) is 0.294. The maximum absolute atomic E-state index is 5.84. The Balaban J connectivity index is 0.00000288. The van der Waals surface area contributed by atoms with Gasteiger partial charge in [-0.2, -0.15) is 0 Å². The van der Waals surface area contributed by atoms with Crippen molar-refractivity contribution >= 4 is 41.5 Å². The summed E-state index contributed by atoms with van der Waals surface area (Å²) in [6.45, 7) is 3.11. The Kier molecular flexibility index (Phi) is 9.48. The summed E-state index contributed by atoms with van der Waals surface area (Å²) in [6, 6.07) is 13.1. The van der Waals surface area contributed by atoms with Gasteiger partial charge in [0.15, 0.2) is 5.96 Å². The van der Waals surface area contributed by atoms with E-state index in [9.17, 15) is 0 Å². The molecule has 0 radical (unpaired) electrons. The molecule has 0 aliphatic rings. The predicted octanol–water partition coefficient (Wildman–Crippen LogP) is 3.27. The van der Waals surface area contributed by atoms with E-state index < -0.39 is 0 Å². The zero-order valence-corrected chi connectivity index (χ0v) is 16.6. The minimum atomic E-state index is -0.0766. The van der Waals surface area contributed by atoms with E-state index in [0.717, 1.165) is 17.9 Å². The normalized spacial score (nSPS) is 12.2. The number of nitrogens with one attached hydrogen (secondary N) is 1. The standard InChI is InChI=1S/C17H21ClN4O.HI/c1-13(23-16-7-5-14(18)6-8-16)12-22-17(19)21-11-9-15-4-2-3-10-20-15;/h2-8,10,13H,9,11-12H2,1H3,(H3,19,21,22);1H. The molecule has 1 aromatic heterocycles. The molecule has 0 aliphatic heterocycles. The van der Waals surface area contributed by atoms with E-state index in [1.807, 2.05) is 37.3 Å². The van der Waals surface area contributed by atoms with Crippen LogP contribution in [0.5, 0.6) is 5.75 Å². The van der Waals surface area contributed by atoms with Gasteiger partial charge in [-0.05, 0) is 43.3 Å². The molecule has 24 heavy (non-hydrogen) atoms. The zero-order valence-electron chi connectivity index (χ0n) is 13.5. The van der Waals surface area contributed by atoms with Crippen LogP contribution < -0.4 is 15.8 Å². The van der Waals surface area contributed by atoms with E-state index in [2.05, 4.69) is 15.3 Å². The van der Waals surface area contributed by atoms with Gasteiger partial charge < -0.3 is 15.8 Å².